The highest BCUT2D eigenvalue weighted by Gasteiger charge is 2.11. The molecule has 0 aliphatic rings. The van der Waals surface area contributed by atoms with E-state index in [1.54, 1.807) is 11.3 Å². The highest BCUT2D eigenvalue weighted by atomic mass is 32.2. The van der Waals surface area contributed by atoms with Crippen LogP contribution in [0.2, 0.25) is 0 Å². The van der Waals surface area contributed by atoms with Crippen LogP contribution in [0.3, 0.4) is 0 Å². The molecule has 0 unspecified atom stereocenters. The molecule has 1 aromatic heterocycles. The number of hydrogen-bond acceptors (Lipinski definition) is 4. The summed E-state index contributed by atoms with van der Waals surface area (Å²) in [7, 11) is 0. The van der Waals surface area contributed by atoms with Crippen LogP contribution in [0.1, 0.15) is 29.4 Å². The van der Waals surface area contributed by atoms with Crippen LogP contribution in [0.25, 0.3) is 0 Å². The number of aromatic nitrogens is 1. The second kappa shape index (κ2) is 7.08. The van der Waals surface area contributed by atoms with Crippen molar-refractivity contribution in [3.05, 3.63) is 45.9 Å². The normalized spacial score (nSPS) is 11.2. The summed E-state index contributed by atoms with van der Waals surface area (Å²) < 4.78 is 0. The van der Waals surface area contributed by atoms with Gasteiger partial charge in [-0.1, -0.05) is 32.0 Å². The molecule has 0 aliphatic carbocycles. The van der Waals surface area contributed by atoms with Crippen molar-refractivity contribution >= 4 is 23.1 Å². The molecule has 2 rings (SSSR count). The van der Waals surface area contributed by atoms with Gasteiger partial charge >= 0.3 is 0 Å². The van der Waals surface area contributed by atoms with Gasteiger partial charge in [-0.25, -0.2) is 4.98 Å². The van der Waals surface area contributed by atoms with Crippen LogP contribution in [-0.4, -0.2) is 4.98 Å². The van der Waals surface area contributed by atoms with Crippen LogP contribution >= 0.6 is 23.1 Å². The molecule has 0 radical (unpaired) electrons. The second-order valence-electron chi connectivity index (χ2n) is 4.88. The maximum atomic E-state index is 5.81. The van der Waals surface area contributed by atoms with E-state index in [0.717, 1.165) is 12.2 Å². The molecule has 0 aliphatic heterocycles. The number of hydrogen-bond donors (Lipinski definition) is 1. The third-order valence-electron chi connectivity index (χ3n) is 2.72. The minimum absolute atomic E-state index is 0.607. The molecule has 0 bridgehead atoms. The highest BCUT2D eigenvalue weighted by Crippen LogP contribution is 2.27. The quantitative estimate of drug-likeness (QED) is 0.815. The fourth-order valence-electron chi connectivity index (χ4n) is 1.87. The zero-order valence-corrected chi connectivity index (χ0v) is 13.1. The lowest BCUT2D eigenvalue weighted by Crippen LogP contribution is -2.02. The minimum Gasteiger partial charge on any atom is -0.326 e. The van der Waals surface area contributed by atoms with Gasteiger partial charge in [0.2, 0.25) is 0 Å². The van der Waals surface area contributed by atoms with Crippen LogP contribution < -0.4 is 5.73 Å². The molecule has 0 saturated carbocycles. The monoisotopic (exact) mass is 292 g/mol. The van der Waals surface area contributed by atoms with E-state index >= 15 is 0 Å². The first-order valence-electron chi connectivity index (χ1n) is 6.54. The van der Waals surface area contributed by atoms with Crippen molar-refractivity contribution in [2.24, 2.45) is 11.7 Å². The third-order valence-corrected chi connectivity index (χ3v) is 5.04. The fraction of sp³-hybridized carbons (Fsp3) is 0.400. The van der Waals surface area contributed by atoms with Crippen molar-refractivity contribution in [2.75, 3.05) is 0 Å². The Kier molecular flexibility index (Phi) is 5.43. The maximum absolute atomic E-state index is 5.81. The molecular weight excluding hydrogens is 272 g/mol. The van der Waals surface area contributed by atoms with Crippen LogP contribution in [0, 0.1) is 5.92 Å². The average molecular weight is 292 g/mol. The van der Waals surface area contributed by atoms with Crippen molar-refractivity contribution < 1.29 is 0 Å². The summed E-state index contributed by atoms with van der Waals surface area (Å²) in [6.07, 6.45) is 1.03. The van der Waals surface area contributed by atoms with Crippen molar-refractivity contribution in [2.45, 2.75) is 37.5 Å². The number of nitrogens with two attached hydrogens (primary N) is 1. The minimum atomic E-state index is 0.607. The van der Waals surface area contributed by atoms with Gasteiger partial charge in [0.05, 0.1) is 11.4 Å². The highest BCUT2D eigenvalue weighted by molar-refractivity contribution is 7.98. The molecule has 0 fully saturated rings. The molecular formula is C15H20N2S2. The zero-order valence-electron chi connectivity index (χ0n) is 11.4. The van der Waals surface area contributed by atoms with Crippen LogP contribution in [0.5, 0.6) is 0 Å². The predicted octanol–water partition coefficient (Wildman–Crippen LogP) is 4.09. The first-order chi connectivity index (χ1) is 9.19. The fourth-order valence-corrected chi connectivity index (χ4v) is 3.75. The molecule has 102 valence electrons. The van der Waals surface area contributed by atoms with Crippen LogP contribution in [0.15, 0.2) is 35.2 Å². The molecule has 1 aromatic carbocycles. The smallest absolute Gasteiger partial charge is 0.103 e. The molecule has 2 nitrogen and oxygen atoms in total. The van der Waals surface area contributed by atoms with Gasteiger partial charge in [-0.05, 0) is 24.5 Å². The summed E-state index contributed by atoms with van der Waals surface area (Å²) >= 11 is 3.60. The summed E-state index contributed by atoms with van der Waals surface area (Å²) in [6, 6.07) is 10.5. The molecule has 2 N–H and O–H groups in total. The van der Waals surface area contributed by atoms with Gasteiger partial charge < -0.3 is 5.73 Å². The SMILES string of the molecule is CC(C)Cc1nc(CSc2ccccc2)sc1CN. The Balaban J connectivity index is 2.02. The van der Waals surface area contributed by atoms with E-state index in [1.807, 2.05) is 17.8 Å². The first kappa shape index (κ1) is 14.6. The summed E-state index contributed by atoms with van der Waals surface area (Å²) in [4.78, 5) is 7.29. The van der Waals surface area contributed by atoms with E-state index < -0.39 is 0 Å². The Morgan fingerprint density at radius 2 is 2.00 bits per heavy atom. The van der Waals surface area contributed by atoms with Gasteiger partial charge in [-0.15, -0.1) is 23.1 Å². The van der Waals surface area contributed by atoms with E-state index in [1.165, 1.54) is 20.5 Å². The lowest BCUT2D eigenvalue weighted by Gasteiger charge is -2.02. The molecule has 0 spiro atoms. The number of nitrogens with zero attached hydrogens (tertiary/aromatic N) is 1. The molecule has 0 saturated heterocycles. The Bertz CT molecular complexity index is 506. The summed E-state index contributed by atoms with van der Waals surface area (Å²) in [5.74, 6) is 1.56. The molecule has 2 aromatic rings. The summed E-state index contributed by atoms with van der Waals surface area (Å²) in [6.45, 7) is 5.05. The largest absolute Gasteiger partial charge is 0.326 e. The van der Waals surface area contributed by atoms with Gasteiger partial charge in [-0.3, -0.25) is 0 Å². The number of thiazole rings is 1. The molecule has 0 amide bonds. The van der Waals surface area contributed by atoms with E-state index in [-0.39, 0.29) is 0 Å². The van der Waals surface area contributed by atoms with Crippen molar-refractivity contribution in [1.82, 2.24) is 4.98 Å². The van der Waals surface area contributed by atoms with Crippen molar-refractivity contribution in [3.63, 3.8) is 0 Å². The lowest BCUT2D eigenvalue weighted by atomic mass is 10.1. The molecule has 4 heteroatoms. The topological polar surface area (TPSA) is 38.9 Å². The predicted molar refractivity (Wildman–Crippen MR) is 84.6 cm³/mol. The van der Waals surface area contributed by atoms with Gasteiger partial charge in [0, 0.05) is 16.3 Å². The van der Waals surface area contributed by atoms with Crippen LogP contribution in [0.4, 0.5) is 0 Å². The molecule has 1 heterocycles. The summed E-state index contributed by atoms with van der Waals surface area (Å²) in [5, 5.41) is 1.19. The number of benzene rings is 1. The van der Waals surface area contributed by atoms with Crippen molar-refractivity contribution in [1.29, 1.82) is 0 Å². The van der Waals surface area contributed by atoms with Crippen LogP contribution in [-0.2, 0) is 18.7 Å². The number of thioether (sulfide) groups is 1. The van der Waals surface area contributed by atoms with E-state index in [9.17, 15) is 0 Å². The number of rotatable bonds is 6. The van der Waals surface area contributed by atoms with Gasteiger partial charge in [0.1, 0.15) is 5.01 Å². The summed E-state index contributed by atoms with van der Waals surface area (Å²) in [5.41, 5.74) is 7.01. The maximum Gasteiger partial charge on any atom is 0.103 e. The van der Waals surface area contributed by atoms with E-state index in [0.29, 0.717) is 12.5 Å². The third kappa shape index (κ3) is 4.34. The molecule has 0 atom stereocenters. The van der Waals surface area contributed by atoms with Crippen molar-refractivity contribution in [3.8, 4) is 0 Å². The lowest BCUT2D eigenvalue weighted by molar-refractivity contribution is 0.633. The second-order valence-corrected chi connectivity index (χ2v) is 7.10. The Labute approximate surface area is 123 Å². The average Bonchev–Trinajstić information content (AvgIpc) is 2.79. The Morgan fingerprint density at radius 3 is 2.63 bits per heavy atom. The van der Waals surface area contributed by atoms with Gasteiger partial charge in [-0.2, -0.15) is 0 Å². The zero-order chi connectivity index (χ0) is 13.7. The van der Waals surface area contributed by atoms with E-state index in [4.69, 9.17) is 10.7 Å². The Hall–Kier alpha value is -0.840. The standard InChI is InChI=1S/C15H20N2S2/c1-11(2)8-13-14(9-16)19-15(17-13)10-18-12-6-4-3-5-7-12/h3-7,11H,8-10,16H2,1-2H3. The van der Waals surface area contributed by atoms with Gasteiger partial charge in [0.15, 0.2) is 0 Å². The van der Waals surface area contributed by atoms with E-state index in [2.05, 4.69) is 38.1 Å². The Morgan fingerprint density at radius 1 is 1.26 bits per heavy atom. The van der Waals surface area contributed by atoms with Gasteiger partial charge in [0.25, 0.3) is 0 Å². The molecule has 19 heavy (non-hydrogen) atoms. The first-order valence-corrected chi connectivity index (χ1v) is 8.34.